The Hall–Kier alpha value is -2.31. The number of fused-ring (bicyclic) bond motifs is 1. The van der Waals surface area contributed by atoms with E-state index in [9.17, 15) is 4.79 Å². The van der Waals surface area contributed by atoms with Gasteiger partial charge in [-0.3, -0.25) is 4.79 Å². The first-order chi connectivity index (χ1) is 11.6. The number of benzene rings is 2. The van der Waals surface area contributed by atoms with Crippen LogP contribution in [0, 0.1) is 6.92 Å². The van der Waals surface area contributed by atoms with E-state index in [0.717, 1.165) is 21.2 Å². The van der Waals surface area contributed by atoms with Gasteiger partial charge < -0.3 is 0 Å². The Morgan fingerprint density at radius 2 is 1.92 bits per heavy atom. The molecule has 2 heterocycles. The van der Waals surface area contributed by atoms with Gasteiger partial charge in [0, 0.05) is 10.0 Å². The summed E-state index contributed by atoms with van der Waals surface area (Å²) in [4.78, 5) is 13.4. The Labute approximate surface area is 150 Å². The van der Waals surface area contributed by atoms with Gasteiger partial charge in [0.05, 0.1) is 4.53 Å². The van der Waals surface area contributed by atoms with Crippen molar-refractivity contribution in [2.24, 2.45) is 0 Å². The third kappa shape index (κ3) is 2.68. The maximum Gasteiger partial charge on any atom is 0.276 e. The highest BCUT2D eigenvalue weighted by atomic mass is 79.9. The first-order valence-electron chi connectivity index (χ1n) is 7.34. The van der Waals surface area contributed by atoms with Gasteiger partial charge in [-0.1, -0.05) is 69.2 Å². The lowest BCUT2D eigenvalue weighted by molar-refractivity contribution is 1.09. The Kier molecular flexibility index (Phi) is 3.78. The van der Waals surface area contributed by atoms with Crippen LogP contribution in [0.25, 0.3) is 22.4 Å². The standard InChI is InChI=1S/C18H12BrN3OS/c1-11-5-7-13(8-6-11)16-20-21-18-22(16)17(23)15(24-18)10-12-3-2-4-14(19)9-12/h2-10H,1H3. The highest BCUT2D eigenvalue weighted by molar-refractivity contribution is 9.10. The third-order valence-electron chi connectivity index (χ3n) is 3.70. The predicted octanol–water partition coefficient (Wildman–Crippen LogP) is 3.44. The van der Waals surface area contributed by atoms with Crippen LogP contribution >= 0.6 is 27.3 Å². The highest BCUT2D eigenvalue weighted by Gasteiger charge is 2.13. The topological polar surface area (TPSA) is 47.3 Å². The molecule has 0 fully saturated rings. The lowest BCUT2D eigenvalue weighted by Gasteiger charge is -1.97. The molecule has 0 atom stereocenters. The Bertz CT molecular complexity index is 1150. The molecule has 0 saturated heterocycles. The molecular weight excluding hydrogens is 386 g/mol. The molecule has 0 aliphatic heterocycles. The van der Waals surface area contributed by atoms with Crippen LogP contribution in [0.15, 0.2) is 57.8 Å². The van der Waals surface area contributed by atoms with Crippen molar-refractivity contribution < 1.29 is 0 Å². The fourth-order valence-corrected chi connectivity index (χ4v) is 3.83. The molecular formula is C18H12BrN3OS. The van der Waals surface area contributed by atoms with Crippen LogP contribution in [-0.2, 0) is 0 Å². The third-order valence-corrected chi connectivity index (χ3v) is 5.16. The van der Waals surface area contributed by atoms with Crippen molar-refractivity contribution in [3.05, 3.63) is 79.0 Å². The second kappa shape index (κ2) is 5.96. The minimum absolute atomic E-state index is 0.0875. The van der Waals surface area contributed by atoms with E-state index in [0.29, 0.717) is 15.3 Å². The van der Waals surface area contributed by atoms with Gasteiger partial charge in [-0.05, 0) is 30.7 Å². The van der Waals surface area contributed by atoms with Gasteiger partial charge in [-0.15, -0.1) is 10.2 Å². The molecule has 4 aromatic rings. The average Bonchev–Trinajstić information content (AvgIpc) is 3.10. The SMILES string of the molecule is Cc1ccc(-c2nnc3sc(=Cc4cccc(Br)c4)c(=O)n23)cc1. The van der Waals surface area contributed by atoms with E-state index < -0.39 is 0 Å². The molecule has 0 bridgehead atoms. The van der Waals surface area contributed by atoms with E-state index in [1.807, 2.05) is 61.5 Å². The van der Waals surface area contributed by atoms with E-state index in [4.69, 9.17) is 0 Å². The summed E-state index contributed by atoms with van der Waals surface area (Å²) < 4.78 is 3.21. The second-order valence-electron chi connectivity index (χ2n) is 5.48. The average molecular weight is 398 g/mol. The lowest BCUT2D eigenvalue weighted by atomic mass is 10.1. The van der Waals surface area contributed by atoms with Crippen molar-refractivity contribution in [1.82, 2.24) is 14.6 Å². The van der Waals surface area contributed by atoms with Gasteiger partial charge in [-0.25, -0.2) is 4.40 Å². The van der Waals surface area contributed by atoms with Crippen LogP contribution in [-0.4, -0.2) is 14.6 Å². The lowest BCUT2D eigenvalue weighted by Crippen LogP contribution is -2.23. The van der Waals surface area contributed by atoms with Gasteiger partial charge in [-0.2, -0.15) is 0 Å². The number of hydrogen-bond donors (Lipinski definition) is 0. The molecule has 118 valence electrons. The number of rotatable bonds is 2. The first-order valence-corrected chi connectivity index (χ1v) is 8.95. The predicted molar refractivity (Wildman–Crippen MR) is 100 cm³/mol. The minimum Gasteiger partial charge on any atom is -0.267 e. The number of thiazole rings is 1. The molecule has 0 unspecified atom stereocenters. The first kappa shape index (κ1) is 15.2. The molecule has 2 aromatic heterocycles. The Morgan fingerprint density at radius 1 is 1.12 bits per heavy atom. The maximum absolute atomic E-state index is 12.8. The zero-order valence-electron chi connectivity index (χ0n) is 12.7. The molecule has 4 rings (SSSR count). The zero-order valence-corrected chi connectivity index (χ0v) is 15.1. The van der Waals surface area contributed by atoms with Crippen molar-refractivity contribution in [2.45, 2.75) is 6.92 Å². The van der Waals surface area contributed by atoms with E-state index >= 15 is 0 Å². The molecule has 0 aliphatic rings. The number of nitrogens with zero attached hydrogens (tertiary/aromatic N) is 3. The van der Waals surface area contributed by atoms with Crippen LogP contribution in [0.4, 0.5) is 0 Å². The van der Waals surface area contributed by atoms with Crippen molar-refractivity contribution >= 4 is 38.3 Å². The second-order valence-corrected chi connectivity index (χ2v) is 7.40. The summed E-state index contributed by atoms with van der Waals surface area (Å²) in [6, 6.07) is 15.8. The molecule has 0 N–H and O–H groups in total. The van der Waals surface area contributed by atoms with Crippen LogP contribution < -0.4 is 10.1 Å². The summed E-state index contributed by atoms with van der Waals surface area (Å²) in [6.07, 6.45) is 1.88. The van der Waals surface area contributed by atoms with Crippen molar-refractivity contribution in [2.75, 3.05) is 0 Å². The summed E-state index contributed by atoms with van der Waals surface area (Å²) in [7, 11) is 0. The van der Waals surface area contributed by atoms with Crippen LogP contribution in [0.3, 0.4) is 0 Å². The largest absolute Gasteiger partial charge is 0.276 e. The van der Waals surface area contributed by atoms with Crippen LogP contribution in [0.2, 0.25) is 0 Å². The fourth-order valence-electron chi connectivity index (χ4n) is 2.50. The van der Waals surface area contributed by atoms with Crippen LogP contribution in [0.1, 0.15) is 11.1 Å². The van der Waals surface area contributed by atoms with Crippen molar-refractivity contribution in [1.29, 1.82) is 0 Å². The smallest absolute Gasteiger partial charge is 0.267 e. The fraction of sp³-hybridized carbons (Fsp3) is 0.0556. The number of aryl methyl sites for hydroxylation is 1. The number of halogens is 1. The maximum atomic E-state index is 12.8. The number of aromatic nitrogens is 3. The molecule has 0 spiro atoms. The van der Waals surface area contributed by atoms with Gasteiger partial charge in [0.25, 0.3) is 5.56 Å². The summed E-state index contributed by atoms with van der Waals surface area (Å²) >= 11 is 4.80. The van der Waals surface area contributed by atoms with E-state index in [-0.39, 0.29) is 5.56 Å². The summed E-state index contributed by atoms with van der Waals surface area (Å²) in [5.74, 6) is 0.583. The van der Waals surface area contributed by atoms with E-state index in [1.54, 1.807) is 4.40 Å². The normalized spacial score (nSPS) is 12.2. The number of hydrogen-bond acceptors (Lipinski definition) is 4. The van der Waals surface area contributed by atoms with Gasteiger partial charge in [0.1, 0.15) is 0 Å². The monoisotopic (exact) mass is 397 g/mol. The van der Waals surface area contributed by atoms with Crippen LogP contribution in [0.5, 0.6) is 0 Å². The van der Waals surface area contributed by atoms with E-state index in [1.165, 1.54) is 11.3 Å². The quantitative estimate of drug-likeness (QED) is 0.520. The van der Waals surface area contributed by atoms with Gasteiger partial charge in [0.15, 0.2) is 5.82 Å². The van der Waals surface area contributed by atoms with Gasteiger partial charge >= 0.3 is 0 Å². The van der Waals surface area contributed by atoms with E-state index in [2.05, 4.69) is 26.1 Å². The van der Waals surface area contributed by atoms with Crippen molar-refractivity contribution in [3.63, 3.8) is 0 Å². The molecule has 0 saturated carbocycles. The molecule has 0 aliphatic carbocycles. The van der Waals surface area contributed by atoms with Crippen molar-refractivity contribution in [3.8, 4) is 11.4 Å². The Balaban J connectivity index is 1.91. The molecule has 0 amide bonds. The molecule has 6 heteroatoms. The zero-order chi connectivity index (χ0) is 16.7. The Morgan fingerprint density at radius 3 is 2.67 bits per heavy atom. The summed E-state index contributed by atoms with van der Waals surface area (Å²) in [5.41, 5.74) is 2.93. The highest BCUT2D eigenvalue weighted by Crippen LogP contribution is 2.18. The summed E-state index contributed by atoms with van der Waals surface area (Å²) in [6.45, 7) is 2.03. The van der Waals surface area contributed by atoms with Gasteiger partial charge in [0.2, 0.25) is 4.96 Å². The molecule has 2 aromatic carbocycles. The minimum atomic E-state index is -0.0875. The molecule has 0 radical (unpaired) electrons. The summed E-state index contributed by atoms with van der Waals surface area (Å²) in [5, 5.41) is 8.34. The molecule has 4 nitrogen and oxygen atoms in total. The molecule has 24 heavy (non-hydrogen) atoms.